The Morgan fingerprint density at radius 1 is 0.462 bits per heavy atom. The zero-order valence-corrected chi connectivity index (χ0v) is 64.2. The van der Waals surface area contributed by atoms with Crippen molar-refractivity contribution in [3.63, 3.8) is 0 Å². The first-order chi connectivity index (χ1) is 50.3. The summed E-state index contributed by atoms with van der Waals surface area (Å²) in [5.41, 5.74) is 18.5. The number of aryl methyl sites for hydroxylation is 4. The van der Waals surface area contributed by atoms with Gasteiger partial charge in [-0.25, -0.2) is 15.0 Å². The molecule has 6 aliphatic rings. The molecule has 0 radical (unpaired) electrons. The number of nitrogens with zero attached hydrogens (tertiary/aromatic N) is 13. The molecule has 7 N–H and O–H groups in total. The van der Waals surface area contributed by atoms with Crippen LogP contribution in [0, 0.1) is 33.6 Å². The highest BCUT2D eigenvalue weighted by atomic mass is 16.3. The summed E-state index contributed by atoms with van der Waals surface area (Å²) in [4.78, 5) is 68.5. The molecule has 562 valence electrons. The van der Waals surface area contributed by atoms with Crippen molar-refractivity contribution in [1.29, 1.82) is 0 Å². The van der Waals surface area contributed by atoms with Gasteiger partial charge in [0.2, 0.25) is 17.8 Å². The fourth-order valence-electron chi connectivity index (χ4n) is 18.0. The molecule has 14 rings (SSSR count). The zero-order valence-electron chi connectivity index (χ0n) is 64.2. The maximum atomic E-state index is 13.2. The maximum absolute atomic E-state index is 13.2. The number of hydrogen-bond donors (Lipinski definition) is 6. The van der Waals surface area contributed by atoms with Gasteiger partial charge in [-0.05, 0) is 248 Å². The zero-order chi connectivity index (χ0) is 73.1. The summed E-state index contributed by atoms with van der Waals surface area (Å²) in [5, 5.41) is 33.6. The molecule has 21 nitrogen and oxygen atoms in total. The van der Waals surface area contributed by atoms with Gasteiger partial charge in [0.05, 0.1) is 6.10 Å². The van der Waals surface area contributed by atoms with Crippen molar-refractivity contribution in [2.75, 3.05) is 48.7 Å². The van der Waals surface area contributed by atoms with Crippen molar-refractivity contribution in [1.82, 2.24) is 63.4 Å². The van der Waals surface area contributed by atoms with E-state index < -0.39 is 0 Å². The van der Waals surface area contributed by atoms with Crippen LogP contribution >= 0.6 is 0 Å². The van der Waals surface area contributed by atoms with E-state index in [9.17, 15) is 19.8 Å². The normalized spacial score (nSPS) is 22.4. The molecule has 3 atom stereocenters. The third-order valence-electron chi connectivity index (χ3n) is 23.7. The van der Waals surface area contributed by atoms with Gasteiger partial charge < -0.3 is 55.4 Å². The van der Waals surface area contributed by atoms with Crippen LogP contribution in [0.1, 0.15) is 305 Å². The highest BCUT2D eigenvalue weighted by molar-refractivity contribution is 5.95. The van der Waals surface area contributed by atoms with Crippen LogP contribution in [0.3, 0.4) is 0 Å². The first-order valence-corrected chi connectivity index (χ1v) is 40.3. The van der Waals surface area contributed by atoms with E-state index in [1.54, 1.807) is 0 Å². The number of nitrogens with one attached hydrogen (secondary N) is 3. The molecule has 0 spiro atoms. The topological polar surface area (TPSA) is 261 Å². The minimum Gasteiger partial charge on any atom is -0.396 e. The highest BCUT2D eigenvalue weighted by Gasteiger charge is 2.34. The van der Waals surface area contributed by atoms with Gasteiger partial charge in [0.15, 0.2) is 0 Å². The number of rotatable bonds is 21. The number of pyridine rings is 2. The molecule has 4 aliphatic carbocycles. The first-order valence-electron chi connectivity index (χ1n) is 40.3. The number of carbonyl (C=O) groups excluding carboxylic acids is 2. The summed E-state index contributed by atoms with van der Waals surface area (Å²) in [6.45, 7) is 24.2. The van der Waals surface area contributed by atoms with Gasteiger partial charge >= 0.3 is 0 Å². The van der Waals surface area contributed by atoms with Crippen LogP contribution in [0.2, 0.25) is 0 Å². The summed E-state index contributed by atoms with van der Waals surface area (Å²) in [7, 11) is 0. The van der Waals surface area contributed by atoms with Crippen molar-refractivity contribution in [2.45, 2.75) is 302 Å². The molecule has 2 amide bonds. The summed E-state index contributed by atoms with van der Waals surface area (Å²) >= 11 is 0. The Balaban J connectivity index is 0.000000149. The number of fused-ring (bicyclic) bond motifs is 3. The predicted molar refractivity (Wildman–Crippen MR) is 418 cm³/mol. The predicted octanol–water partition coefficient (Wildman–Crippen LogP) is 16.5. The molecule has 4 saturated carbocycles. The Kier molecular flexibility index (Phi) is 25.7. The van der Waals surface area contributed by atoms with Gasteiger partial charge in [-0.15, -0.1) is 0 Å². The number of hydrogen-bond acceptors (Lipinski definition) is 16. The Morgan fingerprint density at radius 3 is 1.11 bits per heavy atom. The molecule has 104 heavy (non-hydrogen) atoms. The van der Waals surface area contributed by atoms with E-state index in [0.29, 0.717) is 77.9 Å². The van der Waals surface area contributed by atoms with E-state index >= 15 is 0 Å². The summed E-state index contributed by atoms with van der Waals surface area (Å²) in [6, 6.07) is 10.2. The highest BCUT2D eigenvalue weighted by Crippen LogP contribution is 2.44. The Hall–Kier alpha value is -7.62. The third-order valence-corrected chi connectivity index (χ3v) is 23.7. The van der Waals surface area contributed by atoms with E-state index in [1.165, 1.54) is 47.8 Å². The lowest BCUT2D eigenvalue weighted by molar-refractivity contribution is 0.0705. The van der Waals surface area contributed by atoms with Crippen LogP contribution in [0.25, 0.3) is 33.1 Å². The number of aliphatic hydroxyl groups is 2. The van der Waals surface area contributed by atoms with E-state index in [1.807, 2.05) is 80.4 Å². The molecule has 0 aromatic carbocycles. The number of likely N-dealkylation sites (tertiary alicyclic amines) is 2. The molecule has 2 aliphatic heterocycles. The van der Waals surface area contributed by atoms with Crippen molar-refractivity contribution in [3.05, 3.63) is 112 Å². The van der Waals surface area contributed by atoms with Crippen molar-refractivity contribution in [2.24, 2.45) is 11.7 Å². The van der Waals surface area contributed by atoms with Crippen LogP contribution in [-0.4, -0.2) is 148 Å². The van der Waals surface area contributed by atoms with Gasteiger partial charge in [0.25, 0.3) is 11.8 Å². The minimum atomic E-state index is -0.126. The van der Waals surface area contributed by atoms with Gasteiger partial charge in [-0.3, -0.25) is 19.6 Å². The quantitative estimate of drug-likeness (QED) is 0.0391. The Morgan fingerprint density at radius 2 is 0.779 bits per heavy atom. The number of nitrogens with two attached hydrogens (primary N) is 1. The lowest BCUT2D eigenvalue weighted by atomic mass is 9.86. The van der Waals surface area contributed by atoms with E-state index in [4.69, 9.17) is 30.7 Å². The molecule has 8 aromatic rings. The number of aliphatic hydroxyl groups excluding tert-OH is 2. The third kappa shape index (κ3) is 18.4. The average Bonchev–Trinajstić information content (AvgIpc) is 1.63. The second-order valence-corrected chi connectivity index (χ2v) is 32.0. The molecule has 2 saturated heterocycles. The molecule has 0 bridgehead atoms. The van der Waals surface area contributed by atoms with Gasteiger partial charge in [-0.2, -0.15) is 15.0 Å². The molecular weight excluding hydrogens is 1300 g/mol. The molecule has 10 heterocycles. The number of piperidine rings is 2. The minimum absolute atomic E-state index is 0.102. The standard InChI is InChI=1S/C31H44N6O2.C30H43N7O.C22H34N4O/c1-5-6-20(2)34-31-32-17-27-28(18-37(29(27)35-31)26-9-7-23(19-38)8-10-26)24-11-13-36(14-12-24)30(39)25-15-21(3)33-22(4)16-25;1-5-6-19(2)34-30-32-17-26-27(18-37(28(26)35-30)25-9-7-24(31)8-10-25)22-11-13-36(14-12-22)29(38)23-15-20(3)33-21(4)16-23;1-3-6-15(2)24-22-23-13-19-20(16-7-4-5-8-16)14-26(21(19)25-22)17-9-11-18(27)12-10-17/h15-18,20,23-24,26,38H,5-14,19H2,1-4H3,(H,32,34,35);15-19,22,24-25H,5-14,31H2,1-4H3,(H,32,34,35);13-18,27H,3-12H2,1-2H3,(H,23,24,25)/t20-,23?,26?;19-,24?,25?;15-,17?,18?/m000/s1. The second-order valence-electron chi connectivity index (χ2n) is 32.0. The SMILES string of the molecule is CCC[C@H](C)Nc1ncc2c(C3CCCC3)cn(C3CCC(O)CC3)c2n1.CCC[C@H](C)Nc1ncc2c(C3CCN(C(=O)c4cc(C)nc(C)c4)CC3)cn(C3CCC(CO)CC3)c2n1.CCC[C@H](C)Nc1ncc2c(C3CCN(C(=O)c4cc(C)nc(C)c4)CC3)cn(C3CCC(N)CC3)c2n1. The van der Waals surface area contributed by atoms with E-state index in [2.05, 4.69) is 105 Å². The van der Waals surface area contributed by atoms with Crippen molar-refractivity contribution >= 4 is 62.8 Å². The monoisotopic (exact) mass is 1420 g/mol. The van der Waals surface area contributed by atoms with Crippen LogP contribution in [0.15, 0.2) is 61.4 Å². The van der Waals surface area contributed by atoms with Gasteiger partial charge in [-0.1, -0.05) is 52.9 Å². The lowest BCUT2D eigenvalue weighted by Gasteiger charge is -2.32. The van der Waals surface area contributed by atoms with Crippen LogP contribution in [0.5, 0.6) is 0 Å². The van der Waals surface area contributed by atoms with Gasteiger partial charge in [0.1, 0.15) is 16.9 Å². The molecule has 21 heteroatoms. The number of aromatic nitrogens is 11. The Bertz CT molecular complexity index is 4100. The Labute approximate surface area is 617 Å². The summed E-state index contributed by atoms with van der Waals surface area (Å²) in [6.07, 6.45) is 41.0. The van der Waals surface area contributed by atoms with Crippen molar-refractivity contribution < 1.29 is 19.8 Å². The second kappa shape index (κ2) is 35.2. The van der Waals surface area contributed by atoms with E-state index in [0.717, 1.165) is 235 Å². The fourth-order valence-corrected chi connectivity index (χ4v) is 18.0. The molecule has 6 fully saturated rings. The average molecular weight is 1420 g/mol. The lowest BCUT2D eigenvalue weighted by Crippen LogP contribution is -2.38. The smallest absolute Gasteiger partial charge is 0.253 e. The molecular formula is C83H121N17O4. The fraction of sp³-hybridized carbons (Fsp3) is 0.639. The van der Waals surface area contributed by atoms with Crippen LogP contribution < -0.4 is 21.7 Å². The molecule has 0 unspecified atom stereocenters. The van der Waals surface area contributed by atoms with E-state index in [-0.39, 0.29) is 24.5 Å². The largest absolute Gasteiger partial charge is 0.396 e. The summed E-state index contributed by atoms with van der Waals surface area (Å²) in [5.74, 6) is 4.19. The van der Waals surface area contributed by atoms with Crippen LogP contribution in [0.4, 0.5) is 17.8 Å². The number of carbonyl (C=O) groups is 2. The number of anilines is 3. The number of amides is 2. The molecule has 8 aromatic heterocycles. The first kappa shape index (κ1) is 76.0. The van der Waals surface area contributed by atoms with Crippen molar-refractivity contribution in [3.8, 4) is 0 Å². The maximum Gasteiger partial charge on any atom is 0.253 e. The van der Waals surface area contributed by atoms with Gasteiger partial charge in [0, 0.05) is 162 Å². The van der Waals surface area contributed by atoms with Crippen LogP contribution in [-0.2, 0) is 0 Å². The summed E-state index contributed by atoms with van der Waals surface area (Å²) < 4.78 is 7.22.